The molecule has 6 nitrogen and oxygen atoms in total. The van der Waals surface area contributed by atoms with Crippen LogP contribution in [-0.4, -0.2) is 42.0 Å². The van der Waals surface area contributed by atoms with Crippen LogP contribution >= 0.6 is 0 Å². The lowest BCUT2D eigenvalue weighted by molar-refractivity contribution is -0.162. The molecule has 0 aromatic heterocycles. The van der Waals surface area contributed by atoms with Gasteiger partial charge in [0.25, 0.3) is 0 Å². The van der Waals surface area contributed by atoms with Crippen molar-refractivity contribution < 1.29 is 23.8 Å². The number of Topliss-reactive ketones (excluding diaryl/α,β-unsaturated/α-hetero) is 1. The van der Waals surface area contributed by atoms with E-state index in [-0.39, 0.29) is 17.8 Å². The molecule has 0 radical (unpaired) electrons. The van der Waals surface area contributed by atoms with Crippen LogP contribution in [0.15, 0.2) is 0 Å². The number of carbonyl (C=O) groups excluding carboxylic acids is 2. The Balaban J connectivity index is 1.88. The van der Waals surface area contributed by atoms with Crippen LogP contribution in [0.1, 0.15) is 41.0 Å². The summed E-state index contributed by atoms with van der Waals surface area (Å²) in [5.41, 5.74) is -0.535. The molecule has 1 aliphatic heterocycles. The lowest BCUT2D eigenvalue weighted by Gasteiger charge is -2.23. The molecule has 0 aromatic rings. The molecule has 1 aliphatic carbocycles. The highest BCUT2D eigenvalue weighted by Crippen LogP contribution is 2.39. The van der Waals surface area contributed by atoms with E-state index in [9.17, 15) is 9.59 Å². The molecule has 20 heavy (non-hydrogen) atoms. The summed E-state index contributed by atoms with van der Waals surface area (Å²) in [5, 5.41) is 2.69. The highest BCUT2D eigenvalue weighted by atomic mass is 16.8. The summed E-state index contributed by atoms with van der Waals surface area (Å²) in [6.07, 6.45) is -0.907. The SMILES string of the molecule is CC(C)(C)OC(=O)NC[C@H]1CC(=O)[C@@H]2OC(C)(C)O[C@H]12. The summed E-state index contributed by atoms with van der Waals surface area (Å²) >= 11 is 0. The van der Waals surface area contributed by atoms with Crippen LogP contribution in [0.2, 0.25) is 0 Å². The average molecular weight is 285 g/mol. The van der Waals surface area contributed by atoms with Crippen molar-refractivity contribution in [2.24, 2.45) is 5.92 Å². The Morgan fingerprint density at radius 3 is 2.65 bits per heavy atom. The number of ether oxygens (including phenoxy) is 3. The van der Waals surface area contributed by atoms with E-state index in [1.807, 2.05) is 0 Å². The van der Waals surface area contributed by atoms with E-state index in [0.717, 1.165) is 0 Å². The molecule has 0 unspecified atom stereocenters. The maximum absolute atomic E-state index is 11.9. The fraction of sp³-hybridized carbons (Fsp3) is 0.857. The molecule has 0 spiro atoms. The number of hydrogen-bond acceptors (Lipinski definition) is 5. The van der Waals surface area contributed by atoms with Gasteiger partial charge in [-0.3, -0.25) is 4.79 Å². The second-order valence-electron chi connectivity index (χ2n) is 6.83. The van der Waals surface area contributed by atoms with Crippen molar-refractivity contribution in [3.05, 3.63) is 0 Å². The minimum Gasteiger partial charge on any atom is -0.444 e. The number of alkyl carbamates (subject to hydrolysis) is 1. The van der Waals surface area contributed by atoms with Gasteiger partial charge in [0.1, 0.15) is 11.7 Å². The van der Waals surface area contributed by atoms with Crippen LogP contribution in [0.3, 0.4) is 0 Å². The molecular formula is C14H23NO5. The van der Waals surface area contributed by atoms with Crippen molar-refractivity contribution in [2.45, 2.75) is 64.6 Å². The quantitative estimate of drug-likeness (QED) is 0.834. The first kappa shape index (κ1) is 15.3. The van der Waals surface area contributed by atoms with E-state index in [0.29, 0.717) is 13.0 Å². The van der Waals surface area contributed by atoms with E-state index in [2.05, 4.69) is 5.32 Å². The molecule has 2 rings (SSSR count). The van der Waals surface area contributed by atoms with Gasteiger partial charge in [0, 0.05) is 18.9 Å². The van der Waals surface area contributed by atoms with Gasteiger partial charge in [-0.1, -0.05) is 0 Å². The molecule has 1 saturated carbocycles. The first-order chi connectivity index (χ1) is 9.07. The van der Waals surface area contributed by atoms with E-state index >= 15 is 0 Å². The van der Waals surface area contributed by atoms with Crippen molar-refractivity contribution in [1.29, 1.82) is 0 Å². The molecule has 6 heteroatoms. The average Bonchev–Trinajstić information content (AvgIpc) is 2.69. The highest BCUT2D eigenvalue weighted by Gasteiger charge is 2.53. The third kappa shape index (κ3) is 3.49. The van der Waals surface area contributed by atoms with E-state index in [1.165, 1.54) is 0 Å². The molecule has 0 bridgehead atoms. The van der Waals surface area contributed by atoms with Gasteiger partial charge in [0.05, 0.1) is 6.10 Å². The summed E-state index contributed by atoms with van der Waals surface area (Å²) in [7, 11) is 0. The van der Waals surface area contributed by atoms with E-state index in [1.54, 1.807) is 34.6 Å². The fourth-order valence-electron chi connectivity index (χ4n) is 2.59. The smallest absolute Gasteiger partial charge is 0.407 e. The third-order valence-corrected chi connectivity index (χ3v) is 3.28. The Bertz CT molecular complexity index is 412. The Morgan fingerprint density at radius 1 is 1.40 bits per heavy atom. The van der Waals surface area contributed by atoms with Gasteiger partial charge < -0.3 is 19.5 Å². The van der Waals surface area contributed by atoms with E-state index in [4.69, 9.17) is 14.2 Å². The summed E-state index contributed by atoms with van der Waals surface area (Å²) in [4.78, 5) is 23.5. The number of hydrogen-bond donors (Lipinski definition) is 1. The second kappa shape index (κ2) is 5.00. The van der Waals surface area contributed by atoms with Crippen LogP contribution in [0.5, 0.6) is 0 Å². The molecule has 1 N–H and O–H groups in total. The topological polar surface area (TPSA) is 73.9 Å². The normalized spacial score (nSPS) is 32.0. The van der Waals surface area contributed by atoms with E-state index < -0.39 is 23.6 Å². The number of amides is 1. The summed E-state index contributed by atoms with van der Waals surface area (Å²) < 4.78 is 16.5. The van der Waals surface area contributed by atoms with Crippen molar-refractivity contribution in [3.8, 4) is 0 Å². The van der Waals surface area contributed by atoms with Gasteiger partial charge in [-0.2, -0.15) is 0 Å². The van der Waals surface area contributed by atoms with Crippen LogP contribution in [0.4, 0.5) is 4.79 Å². The Hall–Kier alpha value is -1.14. The minimum absolute atomic E-state index is 0.0385. The van der Waals surface area contributed by atoms with Gasteiger partial charge in [-0.15, -0.1) is 0 Å². The zero-order valence-electron chi connectivity index (χ0n) is 12.7. The fourth-order valence-corrected chi connectivity index (χ4v) is 2.59. The second-order valence-corrected chi connectivity index (χ2v) is 6.83. The molecule has 1 saturated heterocycles. The van der Waals surface area contributed by atoms with Crippen molar-refractivity contribution in [3.63, 3.8) is 0 Å². The largest absolute Gasteiger partial charge is 0.444 e. The Labute approximate surface area is 119 Å². The zero-order valence-corrected chi connectivity index (χ0v) is 12.7. The maximum Gasteiger partial charge on any atom is 0.407 e. The number of ketones is 1. The monoisotopic (exact) mass is 285 g/mol. The predicted octanol–water partition coefficient (Wildman–Crippen LogP) is 1.62. The van der Waals surface area contributed by atoms with Crippen molar-refractivity contribution in [1.82, 2.24) is 5.32 Å². The molecule has 3 atom stereocenters. The summed E-state index contributed by atoms with van der Waals surface area (Å²) in [6, 6.07) is 0. The molecule has 1 amide bonds. The number of carbonyl (C=O) groups is 2. The molecule has 0 aromatic carbocycles. The lowest BCUT2D eigenvalue weighted by atomic mass is 10.1. The van der Waals surface area contributed by atoms with Crippen molar-refractivity contribution >= 4 is 11.9 Å². The predicted molar refractivity (Wildman–Crippen MR) is 71.2 cm³/mol. The standard InChI is InChI=1S/C14H23NO5/c1-13(2,3)20-12(17)15-7-8-6-9(16)11-10(8)18-14(4,5)19-11/h8,10-11H,6-7H2,1-5H3,(H,15,17)/t8-,10-,11+/m1/s1. The van der Waals surface area contributed by atoms with Gasteiger partial charge in [-0.05, 0) is 34.6 Å². The third-order valence-electron chi connectivity index (χ3n) is 3.28. The van der Waals surface area contributed by atoms with Crippen molar-refractivity contribution in [2.75, 3.05) is 6.54 Å². The highest BCUT2D eigenvalue weighted by molar-refractivity contribution is 5.87. The summed E-state index contributed by atoms with van der Waals surface area (Å²) in [6.45, 7) is 9.34. The number of rotatable bonds is 2. The number of fused-ring (bicyclic) bond motifs is 1. The van der Waals surface area contributed by atoms with Gasteiger partial charge in [-0.25, -0.2) is 4.79 Å². The molecule has 114 valence electrons. The molecule has 2 aliphatic rings. The van der Waals surface area contributed by atoms with Crippen LogP contribution in [-0.2, 0) is 19.0 Å². The maximum atomic E-state index is 11.9. The molecular weight excluding hydrogens is 262 g/mol. The lowest BCUT2D eigenvalue weighted by Crippen LogP contribution is -2.38. The summed E-state index contributed by atoms with van der Waals surface area (Å²) in [5.74, 6) is -0.770. The van der Waals surface area contributed by atoms with Crippen LogP contribution < -0.4 is 5.32 Å². The van der Waals surface area contributed by atoms with Gasteiger partial charge in [0.15, 0.2) is 11.6 Å². The Morgan fingerprint density at radius 2 is 2.05 bits per heavy atom. The first-order valence-electron chi connectivity index (χ1n) is 6.93. The Kier molecular flexibility index (Phi) is 3.81. The zero-order chi connectivity index (χ0) is 15.1. The number of nitrogens with one attached hydrogen (secondary N) is 1. The van der Waals surface area contributed by atoms with Gasteiger partial charge in [0.2, 0.25) is 0 Å². The minimum atomic E-state index is -0.740. The van der Waals surface area contributed by atoms with Crippen LogP contribution in [0.25, 0.3) is 0 Å². The molecule has 1 heterocycles. The van der Waals surface area contributed by atoms with Crippen LogP contribution in [0, 0.1) is 5.92 Å². The first-order valence-corrected chi connectivity index (χ1v) is 6.93. The van der Waals surface area contributed by atoms with Gasteiger partial charge >= 0.3 is 6.09 Å². The molecule has 2 fully saturated rings.